The van der Waals surface area contributed by atoms with Crippen LogP contribution in [0.5, 0.6) is 0 Å². The molecule has 0 bridgehead atoms. The summed E-state index contributed by atoms with van der Waals surface area (Å²) in [6, 6.07) is 6.31. The molecule has 1 saturated heterocycles. The minimum atomic E-state index is -0.245. The lowest BCUT2D eigenvalue weighted by Gasteiger charge is -2.19. The number of hydrogen-bond acceptors (Lipinski definition) is 3. The average molecular weight is 296 g/mol. The summed E-state index contributed by atoms with van der Waals surface area (Å²) >= 11 is 3.45. The maximum atomic E-state index is 9.66. The summed E-state index contributed by atoms with van der Waals surface area (Å²) in [5, 5.41) is 9.66. The molecule has 90 valence electrons. The number of imidazole rings is 1. The first-order chi connectivity index (χ1) is 8.13. The molecule has 2 atom stereocenters. The molecule has 0 saturated carbocycles. The minimum absolute atomic E-state index is 0.245. The molecule has 0 amide bonds. The Bertz CT molecular complexity index is 554. The summed E-state index contributed by atoms with van der Waals surface area (Å²) in [4.78, 5) is 9.99. The first-order valence-corrected chi connectivity index (χ1v) is 6.53. The second-order valence-electron chi connectivity index (χ2n) is 4.61. The van der Waals surface area contributed by atoms with E-state index in [9.17, 15) is 5.11 Å². The van der Waals surface area contributed by atoms with E-state index in [2.05, 4.69) is 37.7 Å². The van der Waals surface area contributed by atoms with Gasteiger partial charge in [-0.25, -0.2) is 4.98 Å². The number of aliphatic hydroxyl groups excluding tert-OH is 1. The molecule has 1 aliphatic heterocycles. The van der Waals surface area contributed by atoms with E-state index >= 15 is 0 Å². The molecule has 2 heterocycles. The highest BCUT2D eigenvalue weighted by Crippen LogP contribution is 2.26. The van der Waals surface area contributed by atoms with Gasteiger partial charge in [-0.15, -0.1) is 0 Å². The van der Waals surface area contributed by atoms with Gasteiger partial charge >= 0.3 is 0 Å². The van der Waals surface area contributed by atoms with E-state index in [0.717, 1.165) is 27.9 Å². The molecule has 17 heavy (non-hydrogen) atoms. The van der Waals surface area contributed by atoms with E-state index in [0.29, 0.717) is 12.6 Å². The average Bonchev–Trinajstić information content (AvgIpc) is 2.80. The fourth-order valence-corrected chi connectivity index (χ4v) is 2.76. The predicted molar refractivity (Wildman–Crippen MR) is 71.2 cm³/mol. The number of fused-ring (bicyclic) bond motifs is 1. The van der Waals surface area contributed by atoms with Crippen LogP contribution in [-0.2, 0) is 0 Å². The highest BCUT2D eigenvalue weighted by Gasteiger charge is 2.29. The van der Waals surface area contributed by atoms with Gasteiger partial charge in [0.25, 0.3) is 0 Å². The number of rotatable bonds is 1. The number of benzene rings is 1. The topological polar surface area (TPSA) is 52.1 Å². The zero-order valence-electron chi connectivity index (χ0n) is 9.52. The number of aromatic amines is 1. The minimum Gasteiger partial charge on any atom is -0.391 e. The van der Waals surface area contributed by atoms with Crippen molar-refractivity contribution in [1.82, 2.24) is 9.97 Å². The number of aliphatic hydroxyl groups is 1. The summed E-state index contributed by atoms with van der Waals surface area (Å²) in [5.41, 5.74) is 1.97. The highest BCUT2D eigenvalue weighted by molar-refractivity contribution is 9.10. The van der Waals surface area contributed by atoms with Gasteiger partial charge < -0.3 is 15.0 Å². The molecule has 5 heteroatoms. The zero-order chi connectivity index (χ0) is 12.0. The normalized spacial score (nSPS) is 24.8. The summed E-state index contributed by atoms with van der Waals surface area (Å²) in [6.07, 6.45) is 0.561. The third-order valence-corrected chi connectivity index (χ3v) is 3.75. The number of nitrogens with zero attached hydrogens (tertiary/aromatic N) is 2. The molecule has 0 spiro atoms. The van der Waals surface area contributed by atoms with Crippen molar-refractivity contribution in [1.29, 1.82) is 0 Å². The van der Waals surface area contributed by atoms with Crippen LogP contribution < -0.4 is 4.90 Å². The van der Waals surface area contributed by atoms with Crippen molar-refractivity contribution in [2.75, 3.05) is 11.4 Å². The fraction of sp³-hybridized carbons (Fsp3) is 0.417. The van der Waals surface area contributed by atoms with E-state index < -0.39 is 0 Å². The SMILES string of the molecule is CC1CC(O)CN1c1nc2ccc(Br)cc2[nH]1. The van der Waals surface area contributed by atoms with Crippen LogP contribution in [0.15, 0.2) is 22.7 Å². The van der Waals surface area contributed by atoms with Crippen molar-refractivity contribution in [3.05, 3.63) is 22.7 Å². The van der Waals surface area contributed by atoms with Gasteiger partial charge in [0.05, 0.1) is 17.1 Å². The third kappa shape index (κ3) is 1.93. The highest BCUT2D eigenvalue weighted by atomic mass is 79.9. The smallest absolute Gasteiger partial charge is 0.204 e. The molecular formula is C12H14BrN3O. The van der Waals surface area contributed by atoms with Crippen LogP contribution in [-0.4, -0.2) is 33.8 Å². The number of halogens is 1. The molecule has 1 aromatic heterocycles. The molecule has 1 aliphatic rings. The van der Waals surface area contributed by atoms with E-state index in [1.807, 2.05) is 18.2 Å². The summed E-state index contributed by atoms with van der Waals surface area (Å²) in [5.74, 6) is 0.849. The Balaban J connectivity index is 2.01. The largest absolute Gasteiger partial charge is 0.391 e. The molecule has 0 aliphatic carbocycles. The van der Waals surface area contributed by atoms with Gasteiger partial charge in [-0.3, -0.25) is 0 Å². The maximum Gasteiger partial charge on any atom is 0.204 e. The first kappa shape index (κ1) is 11.0. The Hall–Kier alpha value is -1.07. The first-order valence-electron chi connectivity index (χ1n) is 5.73. The molecule has 4 nitrogen and oxygen atoms in total. The Morgan fingerprint density at radius 3 is 3.06 bits per heavy atom. The lowest BCUT2D eigenvalue weighted by Crippen LogP contribution is -2.28. The van der Waals surface area contributed by atoms with E-state index in [1.165, 1.54) is 0 Å². The van der Waals surface area contributed by atoms with E-state index in [-0.39, 0.29) is 6.10 Å². The monoisotopic (exact) mass is 295 g/mol. The van der Waals surface area contributed by atoms with Crippen molar-refractivity contribution in [3.8, 4) is 0 Å². The van der Waals surface area contributed by atoms with Crippen LogP contribution in [0.25, 0.3) is 11.0 Å². The van der Waals surface area contributed by atoms with Crippen molar-refractivity contribution in [2.45, 2.75) is 25.5 Å². The summed E-state index contributed by atoms with van der Waals surface area (Å²) in [6.45, 7) is 2.77. The summed E-state index contributed by atoms with van der Waals surface area (Å²) in [7, 11) is 0. The molecule has 1 aromatic carbocycles. The lowest BCUT2D eigenvalue weighted by atomic mass is 10.2. The third-order valence-electron chi connectivity index (χ3n) is 3.26. The van der Waals surface area contributed by atoms with Gasteiger partial charge in [0, 0.05) is 17.1 Å². The molecule has 3 rings (SSSR count). The number of anilines is 1. The lowest BCUT2D eigenvalue weighted by molar-refractivity contribution is 0.195. The predicted octanol–water partition coefficient (Wildman–Crippen LogP) is 2.28. The van der Waals surface area contributed by atoms with Gasteiger partial charge in [-0.1, -0.05) is 15.9 Å². The number of aromatic nitrogens is 2. The molecule has 0 radical (unpaired) electrons. The zero-order valence-corrected chi connectivity index (χ0v) is 11.1. The van der Waals surface area contributed by atoms with Gasteiger partial charge in [-0.2, -0.15) is 0 Å². The maximum absolute atomic E-state index is 9.66. The van der Waals surface area contributed by atoms with E-state index in [1.54, 1.807) is 0 Å². The van der Waals surface area contributed by atoms with Crippen molar-refractivity contribution < 1.29 is 5.11 Å². The number of nitrogens with one attached hydrogen (secondary N) is 1. The quantitative estimate of drug-likeness (QED) is 0.849. The standard InChI is InChI=1S/C12H14BrN3O/c1-7-4-9(17)6-16(7)12-14-10-3-2-8(13)5-11(10)15-12/h2-3,5,7,9,17H,4,6H2,1H3,(H,14,15). The molecular weight excluding hydrogens is 282 g/mol. The van der Waals surface area contributed by atoms with Crippen LogP contribution in [0.1, 0.15) is 13.3 Å². The second-order valence-corrected chi connectivity index (χ2v) is 5.53. The Morgan fingerprint density at radius 2 is 2.35 bits per heavy atom. The van der Waals surface area contributed by atoms with Crippen molar-refractivity contribution in [3.63, 3.8) is 0 Å². The van der Waals surface area contributed by atoms with Crippen LogP contribution in [0.3, 0.4) is 0 Å². The number of β-amino-alcohol motifs (C(OH)–C–C–N with tert-alkyl or cyclic N) is 1. The Morgan fingerprint density at radius 1 is 1.53 bits per heavy atom. The van der Waals surface area contributed by atoms with Gasteiger partial charge in [0.1, 0.15) is 0 Å². The van der Waals surface area contributed by atoms with E-state index in [4.69, 9.17) is 0 Å². The number of hydrogen-bond donors (Lipinski definition) is 2. The summed E-state index contributed by atoms with van der Waals surface area (Å²) < 4.78 is 1.04. The molecule has 2 unspecified atom stereocenters. The van der Waals surface area contributed by atoms with Crippen molar-refractivity contribution >= 4 is 32.9 Å². The van der Waals surface area contributed by atoms with Crippen LogP contribution in [0.4, 0.5) is 5.95 Å². The van der Waals surface area contributed by atoms with Crippen LogP contribution >= 0.6 is 15.9 Å². The number of H-pyrrole nitrogens is 1. The fourth-order valence-electron chi connectivity index (χ4n) is 2.40. The van der Waals surface area contributed by atoms with Gasteiger partial charge in [0.15, 0.2) is 0 Å². The van der Waals surface area contributed by atoms with Gasteiger partial charge in [-0.05, 0) is 31.5 Å². The molecule has 2 aromatic rings. The Kier molecular flexibility index (Phi) is 2.60. The van der Waals surface area contributed by atoms with Gasteiger partial charge in [0.2, 0.25) is 5.95 Å². The van der Waals surface area contributed by atoms with Crippen LogP contribution in [0.2, 0.25) is 0 Å². The van der Waals surface area contributed by atoms with Crippen molar-refractivity contribution in [2.24, 2.45) is 0 Å². The van der Waals surface area contributed by atoms with Crippen LogP contribution in [0, 0.1) is 0 Å². The molecule has 1 fully saturated rings. The Labute approximate surface area is 108 Å². The second kappa shape index (κ2) is 3.99. The molecule has 2 N–H and O–H groups in total.